The lowest BCUT2D eigenvalue weighted by molar-refractivity contribution is 0.0602. The summed E-state index contributed by atoms with van der Waals surface area (Å²) in [5.41, 5.74) is 2.37. The predicted molar refractivity (Wildman–Crippen MR) is 102 cm³/mol. The summed E-state index contributed by atoms with van der Waals surface area (Å²) in [6.07, 6.45) is 2.04. The number of H-pyrrole nitrogens is 1. The van der Waals surface area contributed by atoms with Crippen LogP contribution in [0.1, 0.15) is 38.6 Å². The largest absolute Gasteiger partial charge is 0.465 e. The van der Waals surface area contributed by atoms with Crippen molar-refractivity contribution in [1.29, 1.82) is 0 Å². The number of sulfonamides is 1. The number of benzene rings is 1. The number of Topliss-reactive ketones (excluding diaryl/α,β-unsaturated/α-hetero) is 1. The van der Waals surface area contributed by atoms with Crippen molar-refractivity contribution in [3.05, 3.63) is 45.8 Å². The number of carbonyl (C=O) groups excluding carboxylic acids is 2. The fraction of sp³-hybridized carbons (Fsp3) is 0.222. The molecular formula is C18H16N2O5S2. The van der Waals surface area contributed by atoms with Gasteiger partial charge in [0.15, 0.2) is 5.78 Å². The van der Waals surface area contributed by atoms with Gasteiger partial charge in [-0.05, 0) is 35.9 Å². The highest BCUT2D eigenvalue weighted by Gasteiger charge is 2.27. The van der Waals surface area contributed by atoms with Gasteiger partial charge in [0.05, 0.1) is 24.0 Å². The fourth-order valence-corrected chi connectivity index (χ4v) is 5.77. The summed E-state index contributed by atoms with van der Waals surface area (Å²) < 4.78 is 32.9. The van der Waals surface area contributed by atoms with Gasteiger partial charge in [0.25, 0.3) is 10.0 Å². The average molecular weight is 404 g/mol. The number of rotatable bonds is 4. The third kappa shape index (κ3) is 2.92. The molecule has 0 fully saturated rings. The molecular weight excluding hydrogens is 388 g/mol. The summed E-state index contributed by atoms with van der Waals surface area (Å²) in [4.78, 5) is 27.0. The number of thiophene rings is 1. The number of nitrogens with one attached hydrogen (secondary N) is 2. The molecule has 0 radical (unpaired) electrons. The van der Waals surface area contributed by atoms with Gasteiger partial charge in [-0.15, -0.1) is 11.3 Å². The molecule has 2 heterocycles. The van der Waals surface area contributed by atoms with Gasteiger partial charge in [-0.25, -0.2) is 13.2 Å². The van der Waals surface area contributed by atoms with E-state index in [0.717, 1.165) is 35.1 Å². The standard InChI is InChI=1S/C18H16N2O5S2/c1-25-18(22)17-14(8-9-26-17)27(23,24)20-12-6-2-4-10-11-5-3-7-13(21)16(11)19-15(10)12/h2,4,6,8-9,19-20H,3,5,7H2,1H3. The van der Waals surface area contributed by atoms with Gasteiger partial charge in [-0.3, -0.25) is 9.52 Å². The summed E-state index contributed by atoms with van der Waals surface area (Å²) in [6.45, 7) is 0. The monoisotopic (exact) mass is 404 g/mol. The number of aryl methyl sites for hydroxylation is 1. The van der Waals surface area contributed by atoms with Gasteiger partial charge in [-0.1, -0.05) is 12.1 Å². The van der Waals surface area contributed by atoms with E-state index >= 15 is 0 Å². The van der Waals surface area contributed by atoms with Crippen LogP contribution in [-0.4, -0.2) is 32.3 Å². The zero-order valence-electron chi connectivity index (χ0n) is 14.4. The number of esters is 1. The number of fused-ring (bicyclic) bond motifs is 3. The molecule has 1 aromatic carbocycles. The van der Waals surface area contributed by atoms with Crippen molar-refractivity contribution in [3.63, 3.8) is 0 Å². The average Bonchev–Trinajstić information content (AvgIpc) is 3.28. The summed E-state index contributed by atoms with van der Waals surface area (Å²) >= 11 is 0.999. The minimum atomic E-state index is -4.01. The van der Waals surface area contributed by atoms with E-state index in [2.05, 4.69) is 14.4 Å². The second kappa shape index (κ2) is 6.50. The molecule has 4 rings (SSSR count). The number of methoxy groups -OCH3 is 1. The Labute approximate surface area is 159 Å². The van der Waals surface area contributed by atoms with E-state index in [1.807, 2.05) is 6.07 Å². The molecule has 27 heavy (non-hydrogen) atoms. The zero-order valence-corrected chi connectivity index (χ0v) is 16.0. The maximum Gasteiger partial charge on any atom is 0.349 e. The number of hydrogen-bond acceptors (Lipinski definition) is 6. The van der Waals surface area contributed by atoms with E-state index in [1.165, 1.54) is 18.6 Å². The van der Waals surface area contributed by atoms with Crippen molar-refractivity contribution in [3.8, 4) is 0 Å². The first-order chi connectivity index (χ1) is 12.9. The molecule has 140 valence electrons. The number of carbonyl (C=O) groups is 2. The number of para-hydroxylation sites is 1. The van der Waals surface area contributed by atoms with Crippen LogP contribution < -0.4 is 4.72 Å². The summed E-state index contributed by atoms with van der Waals surface area (Å²) in [5.74, 6) is -0.670. The lowest BCUT2D eigenvalue weighted by Crippen LogP contribution is -2.16. The normalized spacial score (nSPS) is 14.2. The van der Waals surface area contributed by atoms with Gasteiger partial charge in [0, 0.05) is 11.8 Å². The smallest absolute Gasteiger partial charge is 0.349 e. The predicted octanol–water partition coefficient (Wildman–Crippen LogP) is 3.34. The maximum atomic E-state index is 12.9. The Morgan fingerprint density at radius 2 is 2.07 bits per heavy atom. The Balaban J connectivity index is 1.79. The van der Waals surface area contributed by atoms with Gasteiger partial charge in [0.1, 0.15) is 9.77 Å². The van der Waals surface area contributed by atoms with E-state index in [9.17, 15) is 18.0 Å². The second-order valence-corrected chi connectivity index (χ2v) is 8.76. The Bertz CT molecular complexity index is 1170. The van der Waals surface area contributed by atoms with Crippen molar-refractivity contribution >= 4 is 49.7 Å². The molecule has 9 heteroatoms. The van der Waals surface area contributed by atoms with Gasteiger partial charge < -0.3 is 9.72 Å². The number of hydrogen-bond donors (Lipinski definition) is 2. The molecule has 3 aromatic rings. The minimum Gasteiger partial charge on any atom is -0.465 e. The van der Waals surface area contributed by atoms with E-state index in [1.54, 1.807) is 12.1 Å². The first-order valence-electron chi connectivity index (χ1n) is 8.28. The molecule has 0 unspecified atom stereocenters. The molecule has 2 N–H and O–H groups in total. The van der Waals surface area contributed by atoms with Crippen molar-refractivity contribution < 1.29 is 22.7 Å². The number of ketones is 1. The van der Waals surface area contributed by atoms with Crippen LogP contribution in [0.4, 0.5) is 5.69 Å². The summed E-state index contributed by atoms with van der Waals surface area (Å²) in [6, 6.07) is 6.59. The fourth-order valence-electron chi connectivity index (χ4n) is 3.36. The highest BCUT2D eigenvalue weighted by Crippen LogP contribution is 2.34. The molecule has 0 atom stereocenters. The summed E-state index contributed by atoms with van der Waals surface area (Å²) in [7, 11) is -2.81. The quantitative estimate of drug-likeness (QED) is 0.649. The van der Waals surface area contributed by atoms with Crippen molar-refractivity contribution in [1.82, 2.24) is 4.98 Å². The van der Waals surface area contributed by atoms with Gasteiger partial charge >= 0.3 is 5.97 Å². The Morgan fingerprint density at radius 1 is 1.26 bits per heavy atom. The zero-order chi connectivity index (χ0) is 19.2. The van der Waals surface area contributed by atoms with Gasteiger partial charge in [0.2, 0.25) is 0 Å². The van der Waals surface area contributed by atoms with Crippen LogP contribution >= 0.6 is 11.3 Å². The van der Waals surface area contributed by atoms with Crippen LogP contribution in [-0.2, 0) is 21.2 Å². The molecule has 1 aliphatic rings. The maximum absolute atomic E-state index is 12.9. The molecule has 2 aromatic heterocycles. The minimum absolute atomic E-state index is 0.0122. The molecule has 7 nitrogen and oxygen atoms in total. The highest BCUT2D eigenvalue weighted by molar-refractivity contribution is 7.93. The summed E-state index contributed by atoms with van der Waals surface area (Å²) in [5, 5.41) is 2.35. The molecule has 1 aliphatic carbocycles. The molecule has 0 amide bonds. The Hall–Kier alpha value is -2.65. The molecule has 0 aliphatic heterocycles. The topological polar surface area (TPSA) is 105 Å². The highest BCUT2D eigenvalue weighted by atomic mass is 32.2. The van der Waals surface area contributed by atoms with Crippen LogP contribution in [0, 0.1) is 0 Å². The van der Waals surface area contributed by atoms with E-state index in [0.29, 0.717) is 23.3 Å². The van der Waals surface area contributed by atoms with Crippen LogP contribution in [0.5, 0.6) is 0 Å². The lowest BCUT2D eigenvalue weighted by atomic mass is 9.95. The molecule has 0 spiro atoms. The lowest BCUT2D eigenvalue weighted by Gasteiger charge is -2.10. The van der Waals surface area contributed by atoms with Crippen molar-refractivity contribution in [2.24, 2.45) is 0 Å². The van der Waals surface area contributed by atoms with E-state index < -0.39 is 16.0 Å². The van der Waals surface area contributed by atoms with Gasteiger partial charge in [-0.2, -0.15) is 0 Å². The van der Waals surface area contributed by atoms with Crippen molar-refractivity contribution in [2.75, 3.05) is 11.8 Å². The van der Waals surface area contributed by atoms with Crippen molar-refractivity contribution in [2.45, 2.75) is 24.2 Å². The number of ether oxygens (including phenoxy) is 1. The van der Waals surface area contributed by atoms with Crippen LogP contribution in [0.25, 0.3) is 10.9 Å². The van der Waals surface area contributed by atoms with Crippen LogP contribution in [0.15, 0.2) is 34.5 Å². The first kappa shape index (κ1) is 17.7. The molecule has 0 saturated carbocycles. The third-order valence-electron chi connectivity index (χ3n) is 4.58. The number of anilines is 1. The Kier molecular flexibility index (Phi) is 4.27. The third-order valence-corrected chi connectivity index (χ3v) is 7.02. The Morgan fingerprint density at radius 3 is 2.85 bits per heavy atom. The SMILES string of the molecule is COC(=O)c1sccc1S(=O)(=O)Nc1cccc2c3c([nH]c12)C(=O)CCC3. The molecule has 0 saturated heterocycles. The second-order valence-electron chi connectivity index (χ2n) is 6.19. The van der Waals surface area contributed by atoms with E-state index in [-0.39, 0.29) is 15.6 Å². The van der Waals surface area contributed by atoms with Crippen LogP contribution in [0.2, 0.25) is 0 Å². The number of aromatic amines is 1. The van der Waals surface area contributed by atoms with E-state index in [4.69, 9.17) is 0 Å². The number of aromatic nitrogens is 1. The molecule has 0 bridgehead atoms. The first-order valence-corrected chi connectivity index (χ1v) is 10.6. The van der Waals surface area contributed by atoms with Crippen LogP contribution in [0.3, 0.4) is 0 Å².